The molecule has 264 valence electrons. The summed E-state index contributed by atoms with van der Waals surface area (Å²) in [7, 11) is -3.58. The van der Waals surface area contributed by atoms with Gasteiger partial charge >= 0.3 is 5.97 Å². The maximum Gasteiger partial charge on any atom is 0.357 e. The highest BCUT2D eigenvalue weighted by Gasteiger charge is 2.55. The second kappa shape index (κ2) is 15.9. The first-order valence-corrected chi connectivity index (χ1v) is 19.6. The molecule has 0 radical (unpaired) electrons. The molecule has 0 saturated carbocycles. The number of nitrogens with zero attached hydrogens (tertiary/aromatic N) is 2. The predicted molar refractivity (Wildman–Crippen MR) is 195 cm³/mol. The van der Waals surface area contributed by atoms with E-state index in [4.69, 9.17) is 9.47 Å². The van der Waals surface area contributed by atoms with Crippen molar-refractivity contribution < 1.29 is 32.3 Å². The van der Waals surface area contributed by atoms with Crippen molar-refractivity contribution >= 4 is 37.4 Å². The number of rotatable bonds is 13. The molecular weight excluding hydrogens is 687 g/mol. The molecule has 4 aromatic rings. The van der Waals surface area contributed by atoms with Crippen LogP contribution in [0.4, 0.5) is 0 Å². The van der Waals surface area contributed by atoms with Crippen LogP contribution in [-0.2, 0) is 28.0 Å². The Balaban J connectivity index is 1.35. The maximum absolute atomic E-state index is 14.5. The van der Waals surface area contributed by atoms with Crippen molar-refractivity contribution in [2.45, 2.75) is 49.1 Å². The number of β-lactam (4-membered cyclic amide) rings is 1. The van der Waals surface area contributed by atoms with E-state index in [1.807, 2.05) is 78.6 Å². The van der Waals surface area contributed by atoms with Gasteiger partial charge in [0.05, 0.1) is 4.90 Å². The number of carbonyl (C=O) groups is 3. The van der Waals surface area contributed by atoms with Crippen LogP contribution in [0.1, 0.15) is 42.6 Å². The molecule has 2 unspecified atom stereocenters. The average molecular weight is 726 g/mol. The summed E-state index contributed by atoms with van der Waals surface area (Å²) in [6.45, 7) is 4.50. The molecule has 2 atom stereocenters. The Morgan fingerprint density at radius 2 is 1.39 bits per heavy atom. The van der Waals surface area contributed by atoms with E-state index in [0.717, 1.165) is 29.5 Å². The van der Waals surface area contributed by atoms with Gasteiger partial charge < -0.3 is 19.7 Å². The zero-order valence-electron chi connectivity index (χ0n) is 28.3. The van der Waals surface area contributed by atoms with Crippen LogP contribution in [0, 0.1) is 6.92 Å². The molecular formula is C39H39N3O7S2. The van der Waals surface area contributed by atoms with E-state index >= 15 is 0 Å². The van der Waals surface area contributed by atoms with Gasteiger partial charge in [-0.15, -0.1) is 0 Å². The first kappa shape index (κ1) is 35.7. The Kier molecular flexibility index (Phi) is 11.1. The fourth-order valence-corrected chi connectivity index (χ4v) is 9.54. The molecule has 2 heterocycles. The lowest BCUT2D eigenvalue weighted by Gasteiger charge is -2.47. The zero-order chi connectivity index (χ0) is 36.0. The number of aryl methyl sites for hydroxylation is 1. The lowest BCUT2D eigenvalue weighted by molar-refractivity contribution is -0.154. The molecule has 51 heavy (non-hydrogen) atoms. The van der Waals surface area contributed by atoms with Crippen LogP contribution >= 0.6 is 10.8 Å². The number of nitrogens with one attached hydrogen (secondary N) is 1. The molecule has 2 aliphatic rings. The predicted octanol–water partition coefficient (Wildman–Crippen LogP) is 5.81. The number of hydrogen-bond donors (Lipinski definition) is 1. The minimum Gasteiger partial charge on any atom is -0.484 e. The third-order valence-electron chi connectivity index (χ3n) is 8.79. The number of para-hydroxylation sites is 1. The standard InChI is InChI=1S/C39H39N3O7S2/c1-27-20-22-32(23-21-27)51(46,47)50-38-34(40-33(43)26-48-31-18-10-5-11-19-31)37(44)42(38)35(28(2)41-24-12-13-25-41)39(45)49-36(29-14-6-3-7-15-29)30-16-8-4-9-17-30/h3-11,14-23,34,36,38H,12-13,24-26H2,1-2H3,(H,40,43)/b35-28+. The molecule has 6 rings (SSSR count). The molecule has 4 aromatic carbocycles. The van der Waals surface area contributed by atoms with Gasteiger partial charge in [-0.2, -0.15) is 0 Å². The molecule has 0 bridgehead atoms. The van der Waals surface area contributed by atoms with Gasteiger partial charge in [-0.3, -0.25) is 14.5 Å². The van der Waals surface area contributed by atoms with Gasteiger partial charge in [-0.1, -0.05) is 96.6 Å². The largest absolute Gasteiger partial charge is 0.484 e. The molecule has 2 amide bonds. The van der Waals surface area contributed by atoms with E-state index in [1.165, 1.54) is 17.0 Å². The summed E-state index contributed by atoms with van der Waals surface area (Å²) in [5.74, 6) is -1.59. The molecule has 0 aliphatic carbocycles. The second-order valence-electron chi connectivity index (χ2n) is 12.3. The fourth-order valence-electron chi connectivity index (χ4n) is 6.07. The second-order valence-corrected chi connectivity index (χ2v) is 16.3. The minimum absolute atomic E-state index is 0.0347. The van der Waals surface area contributed by atoms with E-state index in [9.17, 15) is 22.8 Å². The van der Waals surface area contributed by atoms with Crippen molar-refractivity contribution in [1.82, 2.24) is 15.1 Å². The molecule has 12 heteroatoms. The van der Waals surface area contributed by atoms with Crippen LogP contribution in [0.2, 0.25) is 0 Å². The normalized spacial score (nSPS) is 17.8. The quantitative estimate of drug-likeness (QED) is 0.0788. The smallest absolute Gasteiger partial charge is 0.357 e. The summed E-state index contributed by atoms with van der Waals surface area (Å²) in [6, 6.07) is 32.4. The molecule has 0 spiro atoms. The Bertz CT molecular complexity index is 1950. The van der Waals surface area contributed by atoms with Gasteiger partial charge in [0.1, 0.15) is 22.9 Å². The number of carbonyl (C=O) groups excluding carboxylic acids is 3. The number of ether oxygens (including phenoxy) is 2. The average Bonchev–Trinajstić information content (AvgIpc) is 3.70. The number of benzene rings is 4. The van der Waals surface area contributed by atoms with Crippen molar-refractivity contribution in [2.75, 3.05) is 19.7 Å². The molecule has 2 fully saturated rings. The van der Waals surface area contributed by atoms with Crippen LogP contribution in [0.5, 0.6) is 5.75 Å². The Labute approximate surface area is 301 Å². The third-order valence-corrected chi connectivity index (χ3v) is 12.5. The topological polar surface area (TPSA) is 122 Å². The van der Waals surface area contributed by atoms with Gasteiger partial charge in [0.25, 0.3) is 11.8 Å². The van der Waals surface area contributed by atoms with Crippen molar-refractivity contribution in [3.05, 3.63) is 143 Å². The lowest BCUT2D eigenvalue weighted by Crippen LogP contribution is -2.70. The number of allylic oxidation sites excluding steroid dienone is 1. The van der Waals surface area contributed by atoms with Crippen LogP contribution < -0.4 is 10.1 Å². The highest BCUT2D eigenvalue weighted by Crippen LogP contribution is 2.42. The SMILES string of the molecule is C/C(=C(/C(=O)OC(c1ccccc1)c1ccccc1)N1C(=O)C(NC(=O)COc2ccccc2)C1SS(=O)(=O)c1ccc(C)cc1)N1CCCC1. The van der Waals surface area contributed by atoms with E-state index in [-0.39, 0.29) is 10.6 Å². The summed E-state index contributed by atoms with van der Waals surface area (Å²) >= 11 is 0. The highest BCUT2D eigenvalue weighted by molar-refractivity contribution is 8.72. The van der Waals surface area contributed by atoms with Crippen LogP contribution in [0.15, 0.2) is 132 Å². The first-order valence-electron chi connectivity index (χ1n) is 16.7. The summed E-state index contributed by atoms with van der Waals surface area (Å²) < 4.78 is 39.6. The van der Waals surface area contributed by atoms with Crippen molar-refractivity contribution in [3.63, 3.8) is 0 Å². The van der Waals surface area contributed by atoms with Gasteiger partial charge in [-0.25, -0.2) is 13.2 Å². The maximum atomic E-state index is 14.5. The third kappa shape index (κ3) is 8.29. The lowest BCUT2D eigenvalue weighted by atomic mass is 10.0. The number of likely N-dealkylation sites (tertiary alicyclic amines) is 2. The van der Waals surface area contributed by atoms with Gasteiger partial charge in [0.2, 0.25) is 8.87 Å². The highest BCUT2D eigenvalue weighted by atomic mass is 33.1. The van der Waals surface area contributed by atoms with E-state index in [1.54, 1.807) is 43.3 Å². The summed E-state index contributed by atoms with van der Waals surface area (Å²) in [5, 5.41) is 1.47. The van der Waals surface area contributed by atoms with Crippen LogP contribution in [-0.4, -0.2) is 67.1 Å². The summed E-state index contributed by atoms with van der Waals surface area (Å²) in [6.07, 6.45) is 0.972. The fraction of sp³-hybridized carbons (Fsp3) is 0.256. The van der Waals surface area contributed by atoms with E-state index in [2.05, 4.69) is 5.32 Å². The molecule has 2 saturated heterocycles. The number of amides is 2. The number of hydrogen-bond acceptors (Lipinski definition) is 9. The number of esters is 1. The van der Waals surface area contributed by atoms with Crippen molar-refractivity contribution in [3.8, 4) is 5.75 Å². The summed E-state index contributed by atoms with van der Waals surface area (Å²) in [4.78, 5) is 45.0. The van der Waals surface area contributed by atoms with E-state index in [0.29, 0.717) is 35.3 Å². The monoisotopic (exact) mass is 725 g/mol. The molecule has 1 N–H and O–H groups in total. The van der Waals surface area contributed by atoms with Crippen molar-refractivity contribution in [1.29, 1.82) is 0 Å². The van der Waals surface area contributed by atoms with Crippen LogP contribution in [0.25, 0.3) is 0 Å². The minimum atomic E-state index is -4.08. The van der Waals surface area contributed by atoms with Gasteiger partial charge in [0, 0.05) is 29.6 Å². The zero-order valence-corrected chi connectivity index (χ0v) is 29.9. The Morgan fingerprint density at radius 1 is 0.843 bits per heavy atom. The van der Waals surface area contributed by atoms with E-state index < -0.39 is 50.8 Å². The van der Waals surface area contributed by atoms with Crippen LogP contribution in [0.3, 0.4) is 0 Å². The Morgan fingerprint density at radius 3 is 1.96 bits per heavy atom. The van der Waals surface area contributed by atoms with Crippen molar-refractivity contribution in [2.24, 2.45) is 0 Å². The van der Waals surface area contributed by atoms with Gasteiger partial charge in [-0.05, 0) is 62.1 Å². The molecule has 0 aromatic heterocycles. The first-order chi connectivity index (χ1) is 24.6. The summed E-state index contributed by atoms with van der Waals surface area (Å²) in [5.41, 5.74) is 2.74. The molecule has 10 nitrogen and oxygen atoms in total. The molecule has 2 aliphatic heterocycles. The Hall–Kier alpha value is -5.07. The van der Waals surface area contributed by atoms with Gasteiger partial charge in [0.15, 0.2) is 12.7 Å².